The Bertz CT molecular complexity index is 459. The Kier molecular flexibility index (Phi) is 3.86. The van der Waals surface area contributed by atoms with Crippen LogP contribution in [0.3, 0.4) is 0 Å². The van der Waals surface area contributed by atoms with E-state index in [0.717, 1.165) is 15.3 Å². The van der Waals surface area contributed by atoms with Crippen LogP contribution in [-0.2, 0) is 6.54 Å². The standard InChI is InChI=1S/C11H10F3NS2/c12-11(13,14)7-15-5-9-4-8(6-17-9)10-2-1-3-16-10/h1-4,6,15H,5,7H2. The second-order valence-corrected chi connectivity index (χ2v) is 5.44. The first-order valence-electron chi connectivity index (χ1n) is 4.93. The Hall–Kier alpha value is -0.850. The highest BCUT2D eigenvalue weighted by Gasteiger charge is 2.26. The van der Waals surface area contributed by atoms with Gasteiger partial charge in [0.15, 0.2) is 0 Å². The van der Waals surface area contributed by atoms with Gasteiger partial charge in [0.25, 0.3) is 0 Å². The predicted molar refractivity (Wildman–Crippen MR) is 65.4 cm³/mol. The van der Waals surface area contributed by atoms with E-state index in [0.29, 0.717) is 0 Å². The van der Waals surface area contributed by atoms with Crippen LogP contribution in [0.5, 0.6) is 0 Å². The summed E-state index contributed by atoms with van der Waals surface area (Å²) in [5.41, 5.74) is 1.08. The van der Waals surface area contributed by atoms with Gasteiger partial charge in [-0.05, 0) is 22.9 Å². The number of rotatable bonds is 4. The number of hydrogen-bond acceptors (Lipinski definition) is 3. The SMILES string of the molecule is FC(F)(F)CNCc1cc(-c2cccs2)cs1. The molecule has 2 heterocycles. The second kappa shape index (κ2) is 5.20. The van der Waals surface area contributed by atoms with E-state index < -0.39 is 12.7 Å². The van der Waals surface area contributed by atoms with Crippen molar-refractivity contribution >= 4 is 22.7 Å². The fourth-order valence-electron chi connectivity index (χ4n) is 1.37. The third-order valence-corrected chi connectivity index (χ3v) is 3.94. The largest absolute Gasteiger partial charge is 0.401 e. The molecule has 0 saturated carbocycles. The highest BCUT2D eigenvalue weighted by Crippen LogP contribution is 2.29. The zero-order chi connectivity index (χ0) is 12.3. The lowest BCUT2D eigenvalue weighted by Gasteiger charge is -2.06. The second-order valence-electron chi connectivity index (χ2n) is 3.50. The zero-order valence-corrected chi connectivity index (χ0v) is 10.4. The van der Waals surface area contributed by atoms with Gasteiger partial charge in [-0.1, -0.05) is 6.07 Å². The maximum Gasteiger partial charge on any atom is 0.401 e. The third kappa shape index (κ3) is 3.83. The van der Waals surface area contributed by atoms with Gasteiger partial charge in [-0.3, -0.25) is 0 Å². The van der Waals surface area contributed by atoms with Crippen molar-refractivity contribution in [3.05, 3.63) is 33.8 Å². The van der Waals surface area contributed by atoms with Crippen LogP contribution in [0.25, 0.3) is 10.4 Å². The lowest BCUT2D eigenvalue weighted by atomic mass is 10.2. The molecule has 2 aromatic heterocycles. The summed E-state index contributed by atoms with van der Waals surface area (Å²) in [7, 11) is 0. The van der Waals surface area contributed by atoms with Crippen molar-refractivity contribution in [3.63, 3.8) is 0 Å². The van der Waals surface area contributed by atoms with Crippen molar-refractivity contribution in [1.29, 1.82) is 0 Å². The smallest absolute Gasteiger partial charge is 0.304 e. The molecular weight excluding hydrogens is 267 g/mol. The molecule has 0 aliphatic heterocycles. The summed E-state index contributed by atoms with van der Waals surface area (Å²) in [6, 6.07) is 5.89. The van der Waals surface area contributed by atoms with Gasteiger partial charge in [-0.15, -0.1) is 22.7 Å². The van der Waals surface area contributed by atoms with Gasteiger partial charge < -0.3 is 5.32 Å². The molecule has 1 nitrogen and oxygen atoms in total. The van der Waals surface area contributed by atoms with Crippen LogP contribution in [0.4, 0.5) is 13.2 Å². The number of nitrogens with one attached hydrogen (secondary N) is 1. The van der Waals surface area contributed by atoms with Crippen LogP contribution < -0.4 is 5.32 Å². The van der Waals surface area contributed by atoms with Crippen LogP contribution in [0, 0.1) is 0 Å². The summed E-state index contributed by atoms with van der Waals surface area (Å²) >= 11 is 3.10. The fraction of sp³-hybridized carbons (Fsp3) is 0.273. The van der Waals surface area contributed by atoms with Gasteiger partial charge in [0.05, 0.1) is 6.54 Å². The highest BCUT2D eigenvalue weighted by atomic mass is 32.1. The molecule has 17 heavy (non-hydrogen) atoms. The Morgan fingerprint density at radius 2 is 2.06 bits per heavy atom. The van der Waals surface area contributed by atoms with Gasteiger partial charge in [-0.2, -0.15) is 13.2 Å². The van der Waals surface area contributed by atoms with Crippen molar-refractivity contribution in [2.45, 2.75) is 12.7 Å². The average molecular weight is 277 g/mol. The normalized spacial score (nSPS) is 11.9. The van der Waals surface area contributed by atoms with Crippen molar-refractivity contribution in [3.8, 4) is 10.4 Å². The zero-order valence-electron chi connectivity index (χ0n) is 8.75. The number of halogens is 3. The van der Waals surface area contributed by atoms with E-state index in [1.54, 1.807) is 11.3 Å². The fourth-order valence-corrected chi connectivity index (χ4v) is 3.02. The van der Waals surface area contributed by atoms with E-state index >= 15 is 0 Å². The molecule has 0 fully saturated rings. The lowest BCUT2D eigenvalue weighted by molar-refractivity contribution is -0.125. The molecule has 2 rings (SSSR count). The van der Waals surface area contributed by atoms with E-state index in [2.05, 4.69) is 5.32 Å². The minimum Gasteiger partial charge on any atom is -0.304 e. The van der Waals surface area contributed by atoms with Crippen molar-refractivity contribution in [1.82, 2.24) is 5.32 Å². The van der Waals surface area contributed by atoms with Crippen molar-refractivity contribution in [2.75, 3.05) is 6.54 Å². The Morgan fingerprint density at radius 1 is 1.24 bits per heavy atom. The summed E-state index contributed by atoms with van der Waals surface area (Å²) < 4.78 is 35.8. The molecule has 0 spiro atoms. The molecule has 0 bridgehead atoms. The number of hydrogen-bond donors (Lipinski definition) is 1. The van der Waals surface area contributed by atoms with Crippen LogP contribution in [0.2, 0.25) is 0 Å². The first-order valence-corrected chi connectivity index (χ1v) is 6.69. The van der Waals surface area contributed by atoms with Gasteiger partial charge >= 0.3 is 6.18 Å². The summed E-state index contributed by atoms with van der Waals surface area (Å²) in [5, 5.41) is 6.34. The summed E-state index contributed by atoms with van der Waals surface area (Å²) in [6.45, 7) is -0.686. The molecule has 0 saturated heterocycles. The van der Waals surface area contributed by atoms with E-state index in [1.165, 1.54) is 11.3 Å². The van der Waals surface area contributed by atoms with Gasteiger partial charge in [0.1, 0.15) is 0 Å². The molecule has 0 aromatic carbocycles. The monoisotopic (exact) mass is 277 g/mol. The molecule has 0 aliphatic carbocycles. The van der Waals surface area contributed by atoms with E-state index in [1.807, 2.05) is 29.0 Å². The molecule has 6 heteroatoms. The summed E-state index contributed by atoms with van der Waals surface area (Å²) in [5.74, 6) is 0. The minimum absolute atomic E-state index is 0.259. The average Bonchev–Trinajstić information content (AvgIpc) is 2.83. The van der Waals surface area contributed by atoms with Crippen molar-refractivity contribution in [2.24, 2.45) is 0 Å². The van der Waals surface area contributed by atoms with Crippen LogP contribution in [0.15, 0.2) is 29.0 Å². The number of alkyl halides is 3. The van der Waals surface area contributed by atoms with Gasteiger partial charge in [0.2, 0.25) is 0 Å². The van der Waals surface area contributed by atoms with Gasteiger partial charge in [0, 0.05) is 21.9 Å². The molecule has 0 radical (unpaired) electrons. The Balaban J connectivity index is 1.91. The molecule has 0 amide bonds. The van der Waals surface area contributed by atoms with Crippen LogP contribution >= 0.6 is 22.7 Å². The predicted octanol–water partition coefficient (Wildman–Crippen LogP) is 4.13. The first kappa shape index (κ1) is 12.6. The van der Waals surface area contributed by atoms with E-state index in [4.69, 9.17) is 0 Å². The summed E-state index contributed by atoms with van der Waals surface area (Å²) in [4.78, 5) is 2.06. The van der Waals surface area contributed by atoms with Crippen LogP contribution in [0.1, 0.15) is 4.88 Å². The maximum absolute atomic E-state index is 11.9. The summed E-state index contributed by atoms with van der Waals surface area (Å²) in [6.07, 6.45) is -4.14. The number of thiophene rings is 2. The highest BCUT2D eigenvalue weighted by molar-refractivity contribution is 7.14. The molecule has 0 unspecified atom stereocenters. The molecule has 1 N–H and O–H groups in total. The molecule has 2 aromatic rings. The minimum atomic E-state index is -4.14. The first-order chi connectivity index (χ1) is 8.04. The van der Waals surface area contributed by atoms with Crippen LogP contribution in [-0.4, -0.2) is 12.7 Å². The molecule has 0 atom stereocenters. The lowest BCUT2D eigenvalue weighted by Crippen LogP contribution is -2.27. The Morgan fingerprint density at radius 3 is 2.71 bits per heavy atom. The molecular formula is C11H10F3NS2. The topological polar surface area (TPSA) is 12.0 Å². The third-order valence-electron chi connectivity index (χ3n) is 2.08. The van der Waals surface area contributed by atoms with E-state index in [-0.39, 0.29) is 6.54 Å². The van der Waals surface area contributed by atoms with Gasteiger partial charge in [-0.25, -0.2) is 0 Å². The van der Waals surface area contributed by atoms with Crippen molar-refractivity contribution < 1.29 is 13.2 Å². The molecule has 0 aliphatic rings. The quantitative estimate of drug-likeness (QED) is 0.886. The molecule has 92 valence electrons. The van der Waals surface area contributed by atoms with E-state index in [9.17, 15) is 13.2 Å². The Labute approximate surface area is 105 Å². The maximum atomic E-state index is 11.9.